The molecule has 5 heteroatoms. The first kappa shape index (κ1) is 17.3. The molecule has 0 radical (unpaired) electrons. The monoisotopic (exact) mass is 332 g/mol. The van der Waals surface area contributed by atoms with Gasteiger partial charge in [-0.3, -0.25) is 9.69 Å². The number of carbonyl (C=O) groups excluding carboxylic acids is 1. The highest BCUT2D eigenvalue weighted by Crippen LogP contribution is 2.33. The number of ketones is 1. The van der Waals surface area contributed by atoms with E-state index in [4.69, 9.17) is 9.47 Å². The molecule has 0 bridgehead atoms. The van der Waals surface area contributed by atoms with Crippen molar-refractivity contribution in [3.63, 3.8) is 0 Å². The Morgan fingerprint density at radius 3 is 2.30 bits per heavy atom. The van der Waals surface area contributed by atoms with Gasteiger partial charge in [-0.25, -0.2) is 0 Å². The molecule has 122 valence electrons. The summed E-state index contributed by atoms with van der Waals surface area (Å²) in [5.41, 5.74) is 1.61. The Morgan fingerprint density at radius 2 is 1.65 bits per heavy atom. The van der Waals surface area contributed by atoms with Crippen LogP contribution < -0.4 is 21.9 Å². The maximum Gasteiger partial charge on any atom is 0.184 e. The van der Waals surface area contributed by atoms with Crippen molar-refractivity contribution >= 4 is 5.78 Å². The second-order valence-corrected chi connectivity index (χ2v) is 5.50. The van der Waals surface area contributed by atoms with Crippen LogP contribution in [0.2, 0.25) is 0 Å². The van der Waals surface area contributed by atoms with E-state index in [-0.39, 0.29) is 24.2 Å². The predicted octanol–water partition coefficient (Wildman–Crippen LogP) is -0.0526. The fraction of sp³-hybridized carbons (Fsp3) is 0.278. The summed E-state index contributed by atoms with van der Waals surface area (Å²) >= 11 is 0. The number of hydrogen-bond acceptors (Lipinski definition) is 4. The summed E-state index contributed by atoms with van der Waals surface area (Å²) in [6.45, 7) is 1.06. The maximum absolute atomic E-state index is 12.9. The second-order valence-electron chi connectivity index (χ2n) is 5.50. The molecule has 1 heterocycles. The normalized spacial score (nSPS) is 14.0. The van der Waals surface area contributed by atoms with Crippen molar-refractivity contribution in [1.82, 2.24) is 4.90 Å². The number of carbonyl (C=O) groups is 1. The fourth-order valence-electron chi connectivity index (χ4n) is 2.67. The van der Waals surface area contributed by atoms with Gasteiger partial charge in [-0.2, -0.15) is 0 Å². The number of rotatable bonds is 4. The van der Waals surface area contributed by atoms with Crippen LogP contribution in [0.1, 0.15) is 22.0 Å². The molecule has 0 saturated heterocycles. The number of halogens is 1. The Bertz CT molecular complexity index is 673. The number of hydrogen-bond donors (Lipinski definition) is 0. The van der Waals surface area contributed by atoms with Gasteiger partial charge in [0.25, 0.3) is 0 Å². The van der Waals surface area contributed by atoms with Crippen molar-refractivity contribution in [3.05, 3.63) is 59.7 Å². The molecule has 0 spiro atoms. The van der Waals surface area contributed by atoms with Gasteiger partial charge in [-0.15, -0.1) is 0 Å². The first-order valence-electron chi connectivity index (χ1n) is 7.32. The van der Waals surface area contributed by atoms with E-state index in [2.05, 4.69) is 0 Å². The number of benzene rings is 2. The van der Waals surface area contributed by atoms with Crippen LogP contribution in [0.15, 0.2) is 48.5 Å². The van der Waals surface area contributed by atoms with Crippen LogP contribution >= 0.6 is 0 Å². The van der Waals surface area contributed by atoms with Gasteiger partial charge in [0.05, 0.1) is 6.04 Å². The minimum atomic E-state index is -0.316. The smallest absolute Gasteiger partial charge is 0.184 e. The van der Waals surface area contributed by atoms with E-state index < -0.39 is 0 Å². The fourth-order valence-corrected chi connectivity index (χ4v) is 2.67. The lowest BCUT2D eigenvalue weighted by molar-refractivity contribution is -0.0000138. The first-order chi connectivity index (χ1) is 10.7. The van der Waals surface area contributed by atoms with Crippen LogP contribution in [0, 0.1) is 0 Å². The quantitative estimate of drug-likeness (QED) is 0.736. The molecular formula is C18H19ClNO3-. The van der Waals surface area contributed by atoms with Gasteiger partial charge in [0.15, 0.2) is 17.3 Å². The zero-order valence-corrected chi connectivity index (χ0v) is 13.9. The van der Waals surface area contributed by atoms with Gasteiger partial charge in [0.2, 0.25) is 0 Å². The third kappa shape index (κ3) is 3.66. The topological polar surface area (TPSA) is 38.8 Å². The maximum atomic E-state index is 12.9. The highest BCUT2D eigenvalue weighted by molar-refractivity contribution is 6.01. The molecule has 23 heavy (non-hydrogen) atoms. The molecule has 2 aromatic rings. The Balaban J connectivity index is 0.00000192. The second kappa shape index (κ2) is 7.49. The average molecular weight is 333 g/mol. The van der Waals surface area contributed by atoms with Crippen LogP contribution in [0.4, 0.5) is 0 Å². The minimum absolute atomic E-state index is 0. The Hall–Kier alpha value is -2.04. The molecule has 4 nitrogen and oxygen atoms in total. The molecule has 0 N–H and O–H groups in total. The Morgan fingerprint density at radius 1 is 1.00 bits per heavy atom. The third-order valence-corrected chi connectivity index (χ3v) is 3.71. The number of Topliss-reactive ketones (excluding diaryl/α,β-unsaturated/α-hetero) is 1. The molecule has 0 fully saturated rings. The Kier molecular flexibility index (Phi) is 5.64. The third-order valence-electron chi connectivity index (χ3n) is 3.71. The summed E-state index contributed by atoms with van der Waals surface area (Å²) in [7, 11) is 3.82. The van der Waals surface area contributed by atoms with Gasteiger partial charge in [0, 0.05) is 5.56 Å². The number of fused-ring (bicyclic) bond motifs is 1. The van der Waals surface area contributed by atoms with E-state index >= 15 is 0 Å². The van der Waals surface area contributed by atoms with Crippen molar-refractivity contribution in [2.45, 2.75) is 6.04 Å². The standard InChI is InChI=1S/C18H19NO3.ClH/c1-19(2)17(13-6-4-3-5-7-13)18(20)14-8-9-15-16(12-14)22-11-10-21-15;/h3-9,12,17H,10-11H2,1-2H3;1H/p-1. The van der Waals surface area contributed by atoms with E-state index in [9.17, 15) is 4.79 Å². The van der Waals surface area contributed by atoms with Crippen molar-refractivity contribution in [2.24, 2.45) is 0 Å². The van der Waals surface area contributed by atoms with E-state index in [1.54, 1.807) is 18.2 Å². The summed E-state index contributed by atoms with van der Waals surface area (Å²) in [5.74, 6) is 1.39. The number of ether oxygens (including phenoxy) is 2. The first-order valence-corrected chi connectivity index (χ1v) is 7.32. The lowest BCUT2D eigenvalue weighted by atomic mass is 9.96. The van der Waals surface area contributed by atoms with E-state index in [0.717, 1.165) is 5.56 Å². The highest BCUT2D eigenvalue weighted by atomic mass is 35.5. The van der Waals surface area contributed by atoms with E-state index in [1.807, 2.05) is 49.3 Å². The van der Waals surface area contributed by atoms with Gasteiger partial charge >= 0.3 is 0 Å². The van der Waals surface area contributed by atoms with E-state index in [0.29, 0.717) is 30.3 Å². The van der Waals surface area contributed by atoms with E-state index in [1.165, 1.54) is 0 Å². The predicted molar refractivity (Wildman–Crippen MR) is 84.6 cm³/mol. The molecular weight excluding hydrogens is 314 g/mol. The molecule has 1 unspecified atom stereocenters. The van der Waals surface area contributed by atoms with Crippen LogP contribution in [0.3, 0.4) is 0 Å². The minimum Gasteiger partial charge on any atom is -1.00 e. The molecule has 0 saturated carbocycles. The van der Waals surface area contributed by atoms with Gasteiger partial charge in [-0.1, -0.05) is 30.3 Å². The zero-order valence-electron chi connectivity index (χ0n) is 13.2. The molecule has 3 rings (SSSR count). The highest BCUT2D eigenvalue weighted by Gasteiger charge is 2.25. The van der Waals surface area contributed by atoms with Gasteiger partial charge in [0.1, 0.15) is 13.2 Å². The molecule has 0 aliphatic carbocycles. The number of nitrogens with zero attached hydrogens (tertiary/aromatic N) is 1. The van der Waals surface area contributed by atoms with Crippen molar-refractivity contribution < 1.29 is 26.7 Å². The van der Waals surface area contributed by atoms with Crippen LogP contribution in [0.25, 0.3) is 0 Å². The molecule has 1 atom stereocenters. The largest absolute Gasteiger partial charge is 1.00 e. The van der Waals surface area contributed by atoms with Crippen molar-refractivity contribution in [3.8, 4) is 11.5 Å². The molecule has 2 aromatic carbocycles. The SMILES string of the molecule is CN(C)C(C(=O)c1ccc2c(c1)OCCO2)c1ccccc1.[Cl-]. The van der Waals surface area contributed by atoms with Gasteiger partial charge in [-0.05, 0) is 37.9 Å². The molecule has 0 amide bonds. The Labute approximate surface area is 142 Å². The molecule has 1 aliphatic rings. The summed E-state index contributed by atoms with van der Waals surface area (Å²) in [4.78, 5) is 14.9. The number of likely N-dealkylation sites (N-methyl/N-ethyl adjacent to an activating group) is 1. The van der Waals surface area contributed by atoms with Gasteiger partial charge < -0.3 is 21.9 Å². The van der Waals surface area contributed by atoms with Crippen LogP contribution in [-0.2, 0) is 0 Å². The average Bonchev–Trinajstić information content (AvgIpc) is 2.55. The van der Waals surface area contributed by atoms with Crippen LogP contribution in [-0.4, -0.2) is 38.0 Å². The van der Waals surface area contributed by atoms with Crippen LogP contribution in [0.5, 0.6) is 11.5 Å². The summed E-state index contributed by atoms with van der Waals surface area (Å²) < 4.78 is 11.1. The molecule has 1 aliphatic heterocycles. The van der Waals surface area contributed by atoms with Crippen molar-refractivity contribution in [1.29, 1.82) is 0 Å². The summed E-state index contributed by atoms with van der Waals surface area (Å²) in [6.07, 6.45) is 0. The van der Waals surface area contributed by atoms with Crippen molar-refractivity contribution in [2.75, 3.05) is 27.3 Å². The summed E-state index contributed by atoms with van der Waals surface area (Å²) in [6, 6.07) is 14.9. The lowest BCUT2D eigenvalue weighted by Gasteiger charge is -2.24. The molecule has 0 aromatic heterocycles. The summed E-state index contributed by atoms with van der Waals surface area (Å²) in [5, 5.41) is 0. The zero-order chi connectivity index (χ0) is 15.5. The lowest BCUT2D eigenvalue weighted by Crippen LogP contribution is -3.00.